The molecule has 0 saturated carbocycles. The lowest BCUT2D eigenvalue weighted by molar-refractivity contribution is 0.249. The normalized spacial score (nSPS) is 12.3. The molecule has 0 saturated heterocycles. The van der Waals surface area contributed by atoms with Crippen LogP contribution in [-0.4, -0.2) is 11.7 Å². The molecule has 4 nitrogen and oxygen atoms in total. The number of nitrogens with two attached hydrogens (primary N) is 1. The highest BCUT2D eigenvalue weighted by atomic mass is 16.2. The minimum atomic E-state index is -0.609. The zero-order chi connectivity index (χ0) is 10.4. The molecule has 0 aliphatic heterocycles. The molecule has 13 heavy (non-hydrogen) atoms. The van der Waals surface area contributed by atoms with Crippen LogP contribution >= 0.6 is 0 Å². The molecular formula is C9H19N3O. The average molecular weight is 185 g/mol. The lowest BCUT2D eigenvalue weighted by Crippen LogP contribution is -2.27. The maximum absolute atomic E-state index is 10.4. The van der Waals surface area contributed by atoms with E-state index in [1.165, 1.54) is 0 Å². The van der Waals surface area contributed by atoms with E-state index < -0.39 is 6.03 Å². The van der Waals surface area contributed by atoms with Gasteiger partial charge in [0.15, 0.2) is 0 Å². The number of amides is 2. The molecule has 0 aliphatic carbocycles. The van der Waals surface area contributed by atoms with Crippen molar-refractivity contribution in [3.63, 3.8) is 0 Å². The number of hydrogen-bond acceptors (Lipinski definition) is 2. The summed E-state index contributed by atoms with van der Waals surface area (Å²) >= 11 is 0. The Morgan fingerprint density at radius 2 is 1.92 bits per heavy atom. The highest BCUT2D eigenvalue weighted by Gasteiger charge is 2.07. The fraction of sp³-hybridized carbons (Fsp3) is 0.778. The molecule has 0 spiro atoms. The van der Waals surface area contributed by atoms with Gasteiger partial charge >= 0.3 is 6.03 Å². The molecule has 0 heterocycles. The number of carbonyl (C=O) groups is 1. The number of primary amides is 1. The van der Waals surface area contributed by atoms with Gasteiger partial charge in [0.05, 0.1) is 0 Å². The van der Waals surface area contributed by atoms with E-state index in [4.69, 9.17) is 5.73 Å². The average Bonchev–Trinajstić information content (AvgIpc) is 1.96. The first-order chi connectivity index (χ1) is 5.93. The van der Waals surface area contributed by atoms with Gasteiger partial charge in [-0.25, -0.2) is 10.2 Å². The Labute approximate surface area is 79.6 Å². The lowest BCUT2D eigenvalue weighted by atomic mass is 9.98. The number of urea groups is 1. The van der Waals surface area contributed by atoms with Gasteiger partial charge in [0, 0.05) is 5.71 Å². The van der Waals surface area contributed by atoms with E-state index >= 15 is 0 Å². The van der Waals surface area contributed by atoms with Crippen LogP contribution in [0.1, 0.15) is 34.1 Å². The van der Waals surface area contributed by atoms with Gasteiger partial charge < -0.3 is 5.73 Å². The van der Waals surface area contributed by atoms with Gasteiger partial charge in [-0.1, -0.05) is 27.7 Å². The predicted molar refractivity (Wildman–Crippen MR) is 54.4 cm³/mol. The van der Waals surface area contributed by atoms with Crippen LogP contribution in [0.15, 0.2) is 5.10 Å². The second-order valence-electron chi connectivity index (χ2n) is 3.83. The Morgan fingerprint density at radius 1 is 1.38 bits per heavy atom. The lowest BCUT2D eigenvalue weighted by Gasteiger charge is -2.11. The standard InChI is InChI=1S/C9H19N3O/c1-6(2)5-8(7(3)4)11-12-9(10)13/h6-7H,5H2,1-4H3,(H3,10,12,13). The van der Waals surface area contributed by atoms with E-state index in [1.54, 1.807) is 0 Å². The summed E-state index contributed by atoms with van der Waals surface area (Å²) in [6.07, 6.45) is 0.887. The van der Waals surface area contributed by atoms with Gasteiger partial charge in [-0.3, -0.25) is 0 Å². The molecule has 4 heteroatoms. The summed E-state index contributed by atoms with van der Waals surface area (Å²) in [5, 5.41) is 3.96. The molecule has 0 bridgehead atoms. The number of hydrazone groups is 1. The van der Waals surface area contributed by atoms with Gasteiger partial charge in [0.2, 0.25) is 0 Å². The van der Waals surface area contributed by atoms with Crippen molar-refractivity contribution in [3.05, 3.63) is 0 Å². The molecule has 76 valence electrons. The Bertz CT molecular complexity index is 197. The van der Waals surface area contributed by atoms with Gasteiger partial charge in [0.1, 0.15) is 0 Å². The fourth-order valence-electron chi connectivity index (χ4n) is 0.956. The Balaban J connectivity index is 4.23. The fourth-order valence-corrected chi connectivity index (χ4v) is 0.956. The second-order valence-corrected chi connectivity index (χ2v) is 3.83. The van der Waals surface area contributed by atoms with Crippen LogP contribution in [0.25, 0.3) is 0 Å². The van der Waals surface area contributed by atoms with Crippen LogP contribution in [-0.2, 0) is 0 Å². The zero-order valence-corrected chi connectivity index (χ0v) is 8.79. The molecule has 3 N–H and O–H groups in total. The van der Waals surface area contributed by atoms with Crippen molar-refractivity contribution in [3.8, 4) is 0 Å². The highest BCUT2D eigenvalue weighted by Crippen LogP contribution is 2.08. The molecule has 0 aromatic carbocycles. The van der Waals surface area contributed by atoms with Crippen LogP contribution in [0.5, 0.6) is 0 Å². The number of nitrogens with zero attached hydrogens (tertiary/aromatic N) is 1. The summed E-state index contributed by atoms with van der Waals surface area (Å²) in [6, 6.07) is -0.609. The smallest absolute Gasteiger partial charge is 0.332 e. The van der Waals surface area contributed by atoms with E-state index in [0.717, 1.165) is 12.1 Å². The SMILES string of the molecule is CC(C)CC(=NNC(N)=O)C(C)C. The Hall–Kier alpha value is -1.06. The molecule has 0 aromatic heterocycles. The van der Waals surface area contributed by atoms with Crippen LogP contribution in [0, 0.1) is 11.8 Å². The quantitative estimate of drug-likeness (QED) is 0.508. The molecule has 0 atom stereocenters. The van der Waals surface area contributed by atoms with Crippen molar-refractivity contribution in [1.29, 1.82) is 0 Å². The minimum absolute atomic E-state index is 0.342. The third-order valence-corrected chi connectivity index (χ3v) is 1.59. The van der Waals surface area contributed by atoms with Crippen LogP contribution in [0.3, 0.4) is 0 Å². The minimum Gasteiger partial charge on any atom is -0.350 e. The van der Waals surface area contributed by atoms with Crippen molar-refractivity contribution in [1.82, 2.24) is 5.43 Å². The van der Waals surface area contributed by atoms with Gasteiger partial charge in [-0.05, 0) is 18.3 Å². The summed E-state index contributed by atoms with van der Waals surface area (Å²) in [5.74, 6) is 0.880. The van der Waals surface area contributed by atoms with E-state index in [-0.39, 0.29) is 0 Å². The molecule has 0 fully saturated rings. The summed E-state index contributed by atoms with van der Waals surface area (Å²) < 4.78 is 0. The second kappa shape index (κ2) is 5.56. The number of rotatable bonds is 4. The Morgan fingerprint density at radius 3 is 2.23 bits per heavy atom. The molecule has 0 aliphatic rings. The van der Waals surface area contributed by atoms with Crippen molar-refractivity contribution in [2.45, 2.75) is 34.1 Å². The van der Waals surface area contributed by atoms with E-state index in [0.29, 0.717) is 11.8 Å². The third-order valence-electron chi connectivity index (χ3n) is 1.59. The molecule has 0 unspecified atom stereocenters. The Kier molecular flexibility index (Phi) is 5.11. The molecular weight excluding hydrogens is 166 g/mol. The monoisotopic (exact) mass is 185 g/mol. The van der Waals surface area contributed by atoms with Crippen molar-refractivity contribution in [2.24, 2.45) is 22.7 Å². The number of hydrogen-bond donors (Lipinski definition) is 2. The summed E-state index contributed by atoms with van der Waals surface area (Å²) in [7, 11) is 0. The number of nitrogens with one attached hydrogen (secondary N) is 1. The van der Waals surface area contributed by atoms with Crippen LogP contribution < -0.4 is 11.2 Å². The molecule has 0 rings (SSSR count). The van der Waals surface area contributed by atoms with Gasteiger partial charge in [-0.2, -0.15) is 5.10 Å². The maximum atomic E-state index is 10.4. The van der Waals surface area contributed by atoms with Gasteiger partial charge in [0.25, 0.3) is 0 Å². The maximum Gasteiger partial charge on any atom is 0.332 e. The van der Waals surface area contributed by atoms with Gasteiger partial charge in [-0.15, -0.1) is 0 Å². The number of carbonyl (C=O) groups excluding carboxylic acids is 1. The molecule has 0 aromatic rings. The first kappa shape index (κ1) is 11.9. The zero-order valence-electron chi connectivity index (χ0n) is 8.79. The highest BCUT2D eigenvalue weighted by molar-refractivity contribution is 5.87. The van der Waals surface area contributed by atoms with E-state index in [2.05, 4.69) is 24.4 Å². The van der Waals surface area contributed by atoms with E-state index in [1.807, 2.05) is 13.8 Å². The van der Waals surface area contributed by atoms with E-state index in [9.17, 15) is 4.79 Å². The van der Waals surface area contributed by atoms with Crippen LogP contribution in [0.2, 0.25) is 0 Å². The van der Waals surface area contributed by atoms with Crippen LogP contribution in [0.4, 0.5) is 4.79 Å². The summed E-state index contributed by atoms with van der Waals surface area (Å²) in [4.78, 5) is 10.4. The van der Waals surface area contributed by atoms with Crippen molar-refractivity contribution in [2.75, 3.05) is 0 Å². The molecule has 0 radical (unpaired) electrons. The largest absolute Gasteiger partial charge is 0.350 e. The summed E-state index contributed by atoms with van der Waals surface area (Å²) in [5.41, 5.74) is 8.15. The first-order valence-corrected chi connectivity index (χ1v) is 4.55. The predicted octanol–water partition coefficient (Wildman–Crippen LogP) is 1.71. The van der Waals surface area contributed by atoms with Crippen molar-refractivity contribution < 1.29 is 4.79 Å². The summed E-state index contributed by atoms with van der Waals surface area (Å²) in [6.45, 7) is 8.32. The topological polar surface area (TPSA) is 67.5 Å². The third kappa shape index (κ3) is 6.13. The molecule has 2 amide bonds. The van der Waals surface area contributed by atoms with Crippen molar-refractivity contribution >= 4 is 11.7 Å². The first-order valence-electron chi connectivity index (χ1n) is 4.55.